The van der Waals surface area contributed by atoms with Crippen molar-refractivity contribution in [1.29, 1.82) is 0 Å². The monoisotopic (exact) mass is 229 g/mol. The highest BCUT2D eigenvalue weighted by Gasteiger charge is 2.07. The van der Waals surface area contributed by atoms with Crippen molar-refractivity contribution in [3.63, 3.8) is 0 Å². The van der Waals surface area contributed by atoms with Crippen molar-refractivity contribution in [3.05, 3.63) is 36.0 Å². The number of pyridine rings is 1. The Morgan fingerprint density at radius 3 is 2.47 bits per heavy atom. The second-order valence-electron chi connectivity index (χ2n) is 3.83. The van der Waals surface area contributed by atoms with Crippen LogP contribution in [0.5, 0.6) is 5.88 Å². The standard InChI is InChI=1S/C13H15N3O/c1-8-10(4-5-11(14)13(8)15)9-3-6-12(17-2)16-7-9/h3-7H,14-15H2,1-2H3. The fourth-order valence-electron chi connectivity index (χ4n) is 1.72. The van der Waals surface area contributed by atoms with Crippen LogP contribution in [-0.4, -0.2) is 12.1 Å². The molecule has 1 aromatic carbocycles. The average molecular weight is 229 g/mol. The second kappa shape index (κ2) is 4.33. The molecular weight excluding hydrogens is 214 g/mol. The Hall–Kier alpha value is -2.23. The molecule has 0 unspecified atom stereocenters. The van der Waals surface area contributed by atoms with Gasteiger partial charge in [-0.3, -0.25) is 0 Å². The fourth-order valence-corrected chi connectivity index (χ4v) is 1.72. The summed E-state index contributed by atoms with van der Waals surface area (Å²) in [4.78, 5) is 4.17. The highest BCUT2D eigenvalue weighted by Crippen LogP contribution is 2.30. The minimum Gasteiger partial charge on any atom is -0.481 e. The van der Waals surface area contributed by atoms with Gasteiger partial charge in [-0.25, -0.2) is 4.98 Å². The molecule has 4 nitrogen and oxygen atoms in total. The van der Waals surface area contributed by atoms with Crippen LogP contribution in [0.2, 0.25) is 0 Å². The summed E-state index contributed by atoms with van der Waals surface area (Å²) in [6.45, 7) is 1.95. The van der Waals surface area contributed by atoms with Crippen molar-refractivity contribution in [2.75, 3.05) is 18.6 Å². The summed E-state index contributed by atoms with van der Waals surface area (Å²) >= 11 is 0. The van der Waals surface area contributed by atoms with E-state index >= 15 is 0 Å². The van der Waals surface area contributed by atoms with Crippen LogP contribution in [-0.2, 0) is 0 Å². The Morgan fingerprint density at radius 1 is 1.12 bits per heavy atom. The van der Waals surface area contributed by atoms with Crippen LogP contribution in [0.3, 0.4) is 0 Å². The number of ether oxygens (including phenoxy) is 1. The second-order valence-corrected chi connectivity index (χ2v) is 3.83. The van der Waals surface area contributed by atoms with Gasteiger partial charge in [0.15, 0.2) is 0 Å². The third-order valence-electron chi connectivity index (χ3n) is 2.81. The van der Waals surface area contributed by atoms with E-state index in [1.165, 1.54) is 0 Å². The van der Waals surface area contributed by atoms with Gasteiger partial charge in [-0.05, 0) is 30.2 Å². The molecule has 0 aliphatic carbocycles. The topological polar surface area (TPSA) is 74.2 Å². The molecule has 1 aromatic heterocycles. The van der Waals surface area contributed by atoms with Gasteiger partial charge in [-0.15, -0.1) is 0 Å². The molecule has 0 bridgehead atoms. The Kier molecular flexibility index (Phi) is 2.87. The molecule has 0 spiro atoms. The lowest BCUT2D eigenvalue weighted by molar-refractivity contribution is 0.398. The molecule has 0 saturated carbocycles. The third kappa shape index (κ3) is 2.01. The summed E-state index contributed by atoms with van der Waals surface area (Å²) in [7, 11) is 1.59. The van der Waals surface area contributed by atoms with Crippen molar-refractivity contribution >= 4 is 11.4 Å². The summed E-state index contributed by atoms with van der Waals surface area (Å²) < 4.78 is 5.02. The number of anilines is 2. The van der Waals surface area contributed by atoms with Gasteiger partial charge in [-0.2, -0.15) is 0 Å². The number of hydrogen-bond acceptors (Lipinski definition) is 4. The molecular formula is C13H15N3O. The van der Waals surface area contributed by atoms with Crippen molar-refractivity contribution < 1.29 is 4.74 Å². The zero-order valence-electron chi connectivity index (χ0n) is 9.90. The first kappa shape index (κ1) is 11.3. The van der Waals surface area contributed by atoms with Crippen LogP contribution in [0, 0.1) is 6.92 Å². The lowest BCUT2D eigenvalue weighted by Crippen LogP contribution is -1.99. The molecule has 0 saturated heterocycles. The number of rotatable bonds is 2. The first-order valence-electron chi connectivity index (χ1n) is 5.28. The summed E-state index contributed by atoms with van der Waals surface area (Å²) in [5.41, 5.74) is 15.9. The zero-order valence-corrected chi connectivity index (χ0v) is 9.90. The lowest BCUT2D eigenvalue weighted by atomic mass is 10.00. The highest BCUT2D eigenvalue weighted by atomic mass is 16.5. The smallest absolute Gasteiger partial charge is 0.212 e. The quantitative estimate of drug-likeness (QED) is 0.774. The maximum absolute atomic E-state index is 5.91. The van der Waals surface area contributed by atoms with Crippen LogP contribution < -0.4 is 16.2 Å². The number of methoxy groups -OCH3 is 1. The van der Waals surface area contributed by atoms with Crippen LogP contribution in [0.25, 0.3) is 11.1 Å². The molecule has 0 aliphatic heterocycles. The molecule has 17 heavy (non-hydrogen) atoms. The maximum Gasteiger partial charge on any atom is 0.212 e. The molecule has 1 heterocycles. The fraction of sp³-hybridized carbons (Fsp3) is 0.154. The van der Waals surface area contributed by atoms with E-state index in [9.17, 15) is 0 Å². The van der Waals surface area contributed by atoms with Gasteiger partial charge in [0.05, 0.1) is 18.5 Å². The van der Waals surface area contributed by atoms with E-state index in [0.29, 0.717) is 17.3 Å². The van der Waals surface area contributed by atoms with Gasteiger partial charge in [0.25, 0.3) is 0 Å². The van der Waals surface area contributed by atoms with Gasteiger partial charge < -0.3 is 16.2 Å². The van der Waals surface area contributed by atoms with Gasteiger partial charge in [0.2, 0.25) is 5.88 Å². The van der Waals surface area contributed by atoms with Gasteiger partial charge in [0, 0.05) is 17.8 Å². The van der Waals surface area contributed by atoms with Crippen molar-refractivity contribution in [1.82, 2.24) is 4.98 Å². The first-order chi connectivity index (χ1) is 8.13. The predicted molar refractivity (Wildman–Crippen MR) is 69.8 cm³/mol. The predicted octanol–water partition coefficient (Wildman–Crippen LogP) is 2.23. The van der Waals surface area contributed by atoms with Crippen LogP contribution >= 0.6 is 0 Å². The summed E-state index contributed by atoms with van der Waals surface area (Å²) in [6.07, 6.45) is 1.76. The molecule has 4 N–H and O–H groups in total. The SMILES string of the molecule is COc1ccc(-c2ccc(N)c(N)c2C)cn1. The average Bonchev–Trinajstić information content (AvgIpc) is 2.36. The maximum atomic E-state index is 5.91. The molecule has 0 fully saturated rings. The number of nitrogens with zero attached hydrogens (tertiary/aromatic N) is 1. The van der Waals surface area contributed by atoms with Crippen molar-refractivity contribution in [2.45, 2.75) is 6.92 Å². The van der Waals surface area contributed by atoms with E-state index in [4.69, 9.17) is 16.2 Å². The van der Waals surface area contributed by atoms with Gasteiger partial charge >= 0.3 is 0 Å². The van der Waals surface area contributed by atoms with Crippen molar-refractivity contribution in [3.8, 4) is 17.0 Å². The van der Waals surface area contributed by atoms with Gasteiger partial charge in [0.1, 0.15) is 0 Å². The van der Waals surface area contributed by atoms with Crippen LogP contribution in [0.1, 0.15) is 5.56 Å². The molecule has 0 amide bonds. The normalized spacial score (nSPS) is 10.2. The van der Waals surface area contributed by atoms with E-state index in [1.54, 1.807) is 13.3 Å². The van der Waals surface area contributed by atoms with E-state index in [1.807, 2.05) is 31.2 Å². The molecule has 0 aliphatic rings. The Balaban J connectivity index is 2.49. The molecule has 0 radical (unpaired) electrons. The lowest BCUT2D eigenvalue weighted by Gasteiger charge is -2.10. The minimum absolute atomic E-state index is 0.592. The summed E-state index contributed by atoms with van der Waals surface area (Å²) in [6, 6.07) is 7.53. The number of hydrogen-bond donors (Lipinski definition) is 2. The molecule has 88 valence electrons. The molecule has 0 atom stereocenters. The minimum atomic E-state index is 0.592. The third-order valence-corrected chi connectivity index (χ3v) is 2.81. The zero-order chi connectivity index (χ0) is 12.4. The number of aromatic nitrogens is 1. The highest BCUT2D eigenvalue weighted by molar-refractivity contribution is 5.79. The molecule has 2 rings (SSSR count). The Morgan fingerprint density at radius 2 is 1.88 bits per heavy atom. The number of benzene rings is 1. The van der Waals surface area contributed by atoms with E-state index in [0.717, 1.165) is 16.7 Å². The van der Waals surface area contributed by atoms with E-state index < -0.39 is 0 Å². The van der Waals surface area contributed by atoms with Crippen LogP contribution in [0.15, 0.2) is 30.5 Å². The molecule has 2 aromatic rings. The molecule has 4 heteroatoms. The largest absolute Gasteiger partial charge is 0.481 e. The van der Waals surface area contributed by atoms with Crippen molar-refractivity contribution in [2.24, 2.45) is 0 Å². The Bertz CT molecular complexity index is 535. The first-order valence-corrected chi connectivity index (χ1v) is 5.28. The van der Waals surface area contributed by atoms with Gasteiger partial charge in [-0.1, -0.05) is 6.07 Å². The van der Waals surface area contributed by atoms with Crippen LogP contribution in [0.4, 0.5) is 11.4 Å². The summed E-state index contributed by atoms with van der Waals surface area (Å²) in [5, 5.41) is 0. The number of nitrogen functional groups attached to an aromatic ring is 2. The number of nitrogens with two attached hydrogens (primary N) is 2. The van der Waals surface area contributed by atoms with E-state index in [-0.39, 0.29) is 0 Å². The van der Waals surface area contributed by atoms with E-state index in [2.05, 4.69) is 4.98 Å². The summed E-state index contributed by atoms with van der Waals surface area (Å²) in [5.74, 6) is 0.592. The Labute approximate surface area is 100 Å².